The molecule has 1 heterocycles. The lowest BCUT2D eigenvalue weighted by atomic mass is 10.0. The van der Waals surface area contributed by atoms with Gasteiger partial charge in [-0.1, -0.05) is 35.3 Å². The first-order valence-electron chi connectivity index (χ1n) is 10.7. The number of guanidine groups is 1. The predicted molar refractivity (Wildman–Crippen MR) is 145 cm³/mol. The predicted octanol–water partition coefficient (Wildman–Crippen LogP) is 4.74. The van der Waals surface area contributed by atoms with Gasteiger partial charge in [0.2, 0.25) is 0 Å². The molecule has 0 aromatic heterocycles. The quantitative estimate of drug-likeness (QED) is 0.241. The fourth-order valence-electron chi connectivity index (χ4n) is 4.06. The molecule has 1 aliphatic heterocycles. The Bertz CT molecular complexity index is 1390. The van der Waals surface area contributed by atoms with Crippen LogP contribution in [0.2, 0.25) is 10.0 Å². The highest BCUT2D eigenvalue weighted by molar-refractivity contribution is 6.34. The Morgan fingerprint density at radius 2 is 1.76 bits per heavy atom. The van der Waals surface area contributed by atoms with Crippen LogP contribution in [-0.4, -0.2) is 33.7 Å². The van der Waals surface area contributed by atoms with Crippen molar-refractivity contribution in [2.75, 3.05) is 5.32 Å². The summed E-state index contributed by atoms with van der Waals surface area (Å²) < 4.78 is 0. The molecule has 0 radical (unpaired) electrons. The number of carbonyl (C=O) groups excluding carboxylic acids is 2. The highest BCUT2D eigenvalue weighted by Crippen LogP contribution is 2.36. The Balaban J connectivity index is 0.00000380. The summed E-state index contributed by atoms with van der Waals surface area (Å²) >= 11 is 12.2. The first-order chi connectivity index (χ1) is 17.1. The molecule has 3 aromatic carbocycles. The number of amides is 2. The summed E-state index contributed by atoms with van der Waals surface area (Å²) in [6.07, 6.45) is -0.327. The number of fused-ring (bicyclic) bond motifs is 1. The lowest BCUT2D eigenvalue weighted by molar-refractivity contribution is -0.138. The third kappa shape index (κ3) is 6.51. The standard InChI is InChI=1S/C25H21Cl2N5O4.ClH/c26-16-6-15(7-17(27)9-16)21(11-22(33)34)32-12-14-4-5-19(10-20(14)24(32)36)30-23(35)13-2-1-3-18(8-13)31-25(28)29;/h1-10,21H,11-12H2,(H,30,35)(H,33,34)(H4,28,29,31);1H. The zero-order valence-corrected chi connectivity index (χ0v) is 21.5. The minimum Gasteiger partial charge on any atom is -0.481 e. The Hall–Kier alpha value is -3.79. The van der Waals surface area contributed by atoms with Gasteiger partial charge in [-0.15, -0.1) is 12.4 Å². The van der Waals surface area contributed by atoms with E-state index in [1.54, 1.807) is 48.5 Å². The lowest BCUT2D eigenvalue weighted by Gasteiger charge is -2.27. The second kappa shape index (κ2) is 11.5. The first-order valence-corrected chi connectivity index (χ1v) is 11.5. The van der Waals surface area contributed by atoms with Gasteiger partial charge in [0.15, 0.2) is 5.96 Å². The van der Waals surface area contributed by atoms with Crippen molar-refractivity contribution in [3.63, 3.8) is 0 Å². The second-order valence-corrected chi connectivity index (χ2v) is 9.04. The van der Waals surface area contributed by atoms with Crippen LogP contribution in [0.15, 0.2) is 65.7 Å². The fraction of sp³-hybridized carbons (Fsp3) is 0.120. The zero-order chi connectivity index (χ0) is 26.0. The number of hydrogen-bond donors (Lipinski definition) is 4. The fourth-order valence-corrected chi connectivity index (χ4v) is 4.61. The van der Waals surface area contributed by atoms with Gasteiger partial charge in [0.1, 0.15) is 0 Å². The number of aliphatic imine (C=N–C) groups is 1. The van der Waals surface area contributed by atoms with Crippen LogP contribution >= 0.6 is 35.6 Å². The van der Waals surface area contributed by atoms with E-state index in [0.29, 0.717) is 43.7 Å². The summed E-state index contributed by atoms with van der Waals surface area (Å²) in [4.78, 5) is 43.1. The van der Waals surface area contributed by atoms with Crippen molar-refractivity contribution in [1.29, 1.82) is 0 Å². The summed E-state index contributed by atoms with van der Waals surface area (Å²) in [6.45, 7) is 0.199. The minimum atomic E-state index is -1.07. The molecule has 0 saturated heterocycles. The number of hydrogen-bond acceptors (Lipinski definition) is 4. The van der Waals surface area contributed by atoms with Crippen LogP contribution in [0.4, 0.5) is 11.4 Å². The largest absolute Gasteiger partial charge is 0.481 e. The number of benzene rings is 3. The van der Waals surface area contributed by atoms with E-state index in [-0.39, 0.29) is 37.2 Å². The van der Waals surface area contributed by atoms with Gasteiger partial charge >= 0.3 is 5.97 Å². The summed E-state index contributed by atoms with van der Waals surface area (Å²) in [5.41, 5.74) is 13.5. The molecule has 0 saturated carbocycles. The molecule has 192 valence electrons. The Kier molecular flexibility index (Phi) is 8.65. The summed E-state index contributed by atoms with van der Waals surface area (Å²) in [7, 11) is 0. The molecule has 1 unspecified atom stereocenters. The molecule has 3 aromatic rings. The van der Waals surface area contributed by atoms with Crippen LogP contribution in [0.1, 0.15) is 44.3 Å². The molecule has 1 atom stereocenters. The number of carbonyl (C=O) groups is 3. The van der Waals surface area contributed by atoms with Crippen molar-refractivity contribution in [1.82, 2.24) is 4.90 Å². The summed E-state index contributed by atoms with van der Waals surface area (Å²) in [5, 5.41) is 12.9. The Morgan fingerprint density at radius 3 is 2.41 bits per heavy atom. The van der Waals surface area contributed by atoms with Crippen LogP contribution in [0.5, 0.6) is 0 Å². The number of aliphatic carboxylic acids is 1. The number of carboxylic acids is 1. The van der Waals surface area contributed by atoms with Crippen LogP contribution < -0.4 is 16.8 Å². The zero-order valence-electron chi connectivity index (χ0n) is 19.2. The average molecular weight is 563 g/mol. The third-order valence-electron chi connectivity index (χ3n) is 5.58. The van der Waals surface area contributed by atoms with Crippen molar-refractivity contribution >= 4 is 70.7 Å². The van der Waals surface area contributed by atoms with Crippen LogP contribution in [-0.2, 0) is 11.3 Å². The topological polar surface area (TPSA) is 151 Å². The number of nitrogens with two attached hydrogens (primary N) is 2. The van der Waals surface area contributed by atoms with E-state index in [9.17, 15) is 19.5 Å². The van der Waals surface area contributed by atoms with Gasteiger partial charge in [0.25, 0.3) is 11.8 Å². The van der Waals surface area contributed by atoms with Crippen LogP contribution in [0.3, 0.4) is 0 Å². The maximum Gasteiger partial charge on any atom is 0.305 e. The molecule has 6 N–H and O–H groups in total. The second-order valence-electron chi connectivity index (χ2n) is 8.16. The van der Waals surface area contributed by atoms with E-state index in [4.69, 9.17) is 34.7 Å². The van der Waals surface area contributed by atoms with E-state index >= 15 is 0 Å². The van der Waals surface area contributed by atoms with Gasteiger partial charge in [-0.05, 0) is 59.7 Å². The Morgan fingerprint density at radius 1 is 1.05 bits per heavy atom. The van der Waals surface area contributed by atoms with Crippen molar-refractivity contribution in [3.8, 4) is 0 Å². The highest BCUT2D eigenvalue weighted by Gasteiger charge is 2.35. The third-order valence-corrected chi connectivity index (χ3v) is 6.02. The molecule has 2 amide bonds. The number of anilines is 1. The van der Waals surface area contributed by atoms with E-state index in [1.807, 2.05) is 0 Å². The number of nitrogens with one attached hydrogen (secondary N) is 1. The molecule has 0 fully saturated rings. The van der Waals surface area contributed by atoms with Gasteiger partial charge < -0.3 is 26.8 Å². The van der Waals surface area contributed by atoms with Crippen molar-refractivity contribution < 1.29 is 19.5 Å². The van der Waals surface area contributed by atoms with Gasteiger partial charge in [-0.3, -0.25) is 14.4 Å². The summed E-state index contributed by atoms with van der Waals surface area (Å²) in [5.74, 6) is -1.98. The monoisotopic (exact) mass is 561 g/mol. The van der Waals surface area contributed by atoms with Crippen molar-refractivity contribution in [3.05, 3.63) is 93.0 Å². The molecular weight excluding hydrogens is 541 g/mol. The van der Waals surface area contributed by atoms with E-state index in [1.165, 1.54) is 17.0 Å². The maximum absolute atomic E-state index is 13.3. The SMILES string of the molecule is Cl.NC(N)=Nc1cccc(C(=O)Nc2ccc3c(c2)C(=O)N(C(CC(=O)O)c2cc(Cl)cc(Cl)c2)C3)c1. The maximum atomic E-state index is 13.3. The molecule has 37 heavy (non-hydrogen) atoms. The Labute approximate surface area is 228 Å². The number of rotatable bonds is 7. The smallest absolute Gasteiger partial charge is 0.305 e. The molecule has 9 nitrogen and oxygen atoms in total. The lowest BCUT2D eigenvalue weighted by Crippen LogP contribution is -2.31. The molecular formula is C25H22Cl3N5O4. The van der Waals surface area contributed by atoms with Crippen molar-refractivity contribution in [2.45, 2.75) is 19.0 Å². The van der Waals surface area contributed by atoms with Crippen LogP contribution in [0, 0.1) is 0 Å². The first kappa shape index (κ1) is 27.8. The normalized spacial score (nSPS) is 12.8. The van der Waals surface area contributed by atoms with Gasteiger partial charge in [0, 0.05) is 33.4 Å². The molecule has 0 spiro atoms. The number of nitrogens with zero attached hydrogens (tertiary/aromatic N) is 2. The minimum absolute atomic E-state index is 0. The highest BCUT2D eigenvalue weighted by atomic mass is 35.5. The van der Waals surface area contributed by atoms with E-state index < -0.39 is 17.9 Å². The molecule has 0 aliphatic carbocycles. The molecule has 12 heteroatoms. The van der Waals surface area contributed by atoms with E-state index in [2.05, 4.69) is 10.3 Å². The number of halogens is 3. The van der Waals surface area contributed by atoms with Gasteiger partial charge in [-0.2, -0.15) is 0 Å². The van der Waals surface area contributed by atoms with E-state index in [0.717, 1.165) is 0 Å². The molecule has 0 bridgehead atoms. The number of carboxylic acid groups (broad SMARTS) is 1. The van der Waals surface area contributed by atoms with Crippen LogP contribution in [0.25, 0.3) is 0 Å². The molecule has 4 rings (SSSR count). The average Bonchev–Trinajstić information content (AvgIpc) is 3.12. The van der Waals surface area contributed by atoms with Gasteiger partial charge in [-0.25, -0.2) is 4.99 Å². The summed E-state index contributed by atoms with van der Waals surface area (Å²) in [6, 6.07) is 15.3. The van der Waals surface area contributed by atoms with Crippen molar-refractivity contribution in [2.24, 2.45) is 16.5 Å². The van der Waals surface area contributed by atoms with Gasteiger partial charge in [0.05, 0.1) is 18.2 Å². The molecule has 1 aliphatic rings.